The van der Waals surface area contributed by atoms with Crippen molar-refractivity contribution >= 4 is 5.97 Å². The number of nitriles is 1. The highest BCUT2D eigenvalue weighted by Gasteiger charge is 2.31. The molecule has 0 aliphatic carbocycles. The van der Waals surface area contributed by atoms with Gasteiger partial charge in [-0.05, 0) is 53.3 Å². The molecule has 0 saturated heterocycles. The quantitative estimate of drug-likeness (QED) is 0.332. The standard InChI is InChI=1S/C30H30N2O4/c1-5-16-34-22-12-8-20(9-13-22)29(33)35-23-14-15-24-26(17-23)36-28(32)25(18-31)27(24)19-6-10-21(11-7-19)30(2,3)4/h6-15,17,27H,5,16,32H2,1-4H3. The molecule has 184 valence electrons. The summed E-state index contributed by atoms with van der Waals surface area (Å²) in [5, 5.41) is 9.82. The molecule has 2 N–H and O–H groups in total. The third kappa shape index (κ3) is 5.21. The van der Waals surface area contributed by atoms with E-state index in [1.807, 2.05) is 25.1 Å². The molecule has 6 nitrogen and oxygen atoms in total. The van der Waals surface area contributed by atoms with E-state index in [0.717, 1.165) is 17.5 Å². The predicted octanol–water partition coefficient (Wildman–Crippen LogP) is 6.21. The summed E-state index contributed by atoms with van der Waals surface area (Å²) in [5.41, 5.74) is 9.81. The van der Waals surface area contributed by atoms with Crippen LogP contribution in [0, 0.1) is 11.3 Å². The van der Waals surface area contributed by atoms with Gasteiger partial charge in [-0.1, -0.05) is 58.0 Å². The van der Waals surface area contributed by atoms with Crippen LogP contribution in [0.2, 0.25) is 0 Å². The van der Waals surface area contributed by atoms with Gasteiger partial charge in [-0.15, -0.1) is 0 Å². The maximum atomic E-state index is 12.7. The Kier molecular flexibility index (Phi) is 7.03. The zero-order valence-corrected chi connectivity index (χ0v) is 21.0. The van der Waals surface area contributed by atoms with E-state index in [9.17, 15) is 10.1 Å². The average Bonchev–Trinajstić information content (AvgIpc) is 2.86. The molecule has 0 amide bonds. The molecule has 0 bridgehead atoms. The number of nitrogens with zero attached hydrogens (tertiary/aromatic N) is 1. The Hall–Kier alpha value is -4.24. The number of nitrogens with two attached hydrogens (primary N) is 1. The molecule has 1 unspecified atom stereocenters. The van der Waals surface area contributed by atoms with E-state index < -0.39 is 5.97 Å². The minimum atomic E-state index is -0.497. The summed E-state index contributed by atoms with van der Waals surface area (Å²) in [6.45, 7) is 9.11. The van der Waals surface area contributed by atoms with E-state index in [-0.39, 0.29) is 17.2 Å². The molecule has 1 heterocycles. The lowest BCUT2D eigenvalue weighted by Gasteiger charge is -2.27. The van der Waals surface area contributed by atoms with Gasteiger partial charge in [0.25, 0.3) is 0 Å². The minimum Gasteiger partial charge on any atom is -0.494 e. The number of allylic oxidation sites excluding steroid dienone is 1. The summed E-state index contributed by atoms with van der Waals surface area (Å²) in [6, 6.07) is 22.4. The van der Waals surface area contributed by atoms with Crippen LogP contribution in [-0.2, 0) is 5.41 Å². The van der Waals surface area contributed by atoms with Gasteiger partial charge in [0.1, 0.15) is 28.9 Å². The number of hydrogen-bond donors (Lipinski definition) is 1. The molecule has 3 aromatic rings. The van der Waals surface area contributed by atoms with E-state index in [2.05, 4.69) is 39.0 Å². The van der Waals surface area contributed by atoms with Gasteiger partial charge in [-0.2, -0.15) is 5.26 Å². The van der Waals surface area contributed by atoms with Gasteiger partial charge in [0.2, 0.25) is 5.88 Å². The van der Waals surface area contributed by atoms with Gasteiger partial charge in [0.15, 0.2) is 0 Å². The number of fused-ring (bicyclic) bond motifs is 1. The first-order chi connectivity index (χ1) is 17.2. The van der Waals surface area contributed by atoms with Gasteiger partial charge in [-0.25, -0.2) is 4.79 Å². The Balaban J connectivity index is 1.59. The third-order valence-corrected chi connectivity index (χ3v) is 6.07. The van der Waals surface area contributed by atoms with Crippen molar-refractivity contribution < 1.29 is 19.0 Å². The number of esters is 1. The molecule has 36 heavy (non-hydrogen) atoms. The van der Waals surface area contributed by atoms with E-state index in [4.69, 9.17) is 19.9 Å². The van der Waals surface area contributed by atoms with Crippen molar-refractivity contribution in [3.05, 3.63) is 100 Å². The molecule has 6 heteroatoms. The number of carbonyl (C=O) groups is 1. The highest BCUT2D eigenvalue weighted by molar-refractivity contribution is 5.91. The summed E-state index contributed by atoms with van der Waals surface area (Å²) in [7, 11) is 0. The Morgan fingerprint density at radius 1 is 1.03 bits per heavy atom. The first-order valence-corrected chi connectivity index (χ1v) is 12.0. The van der Waals surface area contributed by atoms with E-state index in [1.165, 1.54) is 5.56 Å². The Bertz CT molecular complexity index is 1330. The van der Waals surface area contributed by atoms with Crippen LogP contribution in [0.5, 0.6) is 17.2 Å². The molecule has 1 atom stereocenters. The van der Waals surface area contributed by atoms with Crippen LogP contribution in [0.1, 0.15) is 67.1 Å². The fourth-order valence-corrected chi connectivity index (χ4v) is 4.09. The Labute approximate surface area is 211 Å². The van der Waals surface area contributed by atoms with Crippen molar-refractivity contribution in [3.63, 3.8) is 0 Å². The summed E-state index contributed by atoms with van der Waals surface area (Å²) in [4.78, 5) is 12.7. The van der Waals surface area contributed by atoms with Crippen LogP contribution < -0.4 is 19.9 Å². The van der Waals surface area contributed by atoms with Crippen molar-refractivity contribution in [1.29, 1.82) is 5.26 Å². The first kappa shape index (κ1) is 24.9. The van der Waals surface area contributed by atoms with Crippen molar-refractivity contribution in [3.8, 4) is 23.3 Å². The largest absolute Gasteiger partial charge is 0.494 e. The lowest BCUT2D eigenvalue weighted by molar-refractivity contribution is 0.0734. The fourth-order valence-electron chi connectivity index (χ4n) is 4.09. The lowest BCUT2D eigenvalue weighted by Crippen LogP contribution is -2.21. The molecule has 0 aromatic heterocycles. The molecule has 1 aliphatic heterocycles. The molecular weight excluding hydrogens is 452 g/mol. The van der Waals surface area contributed by atoms with E-state index >= 15 is 0 Å². The average molecular weight is 483 g/mol. The van der Waals surface area contributed by atoms with Gasteiger partial charge >= 0.3 is 5.97 Å². The summed E-state index contributed by atoms with van der Waals surface area (Å²) >= 11 is 0. The normalized spacial score (nSPS) is 14.9. The summed E-state index contributed by atoms with van der Waals surface area (Å²) < 4.78 is 16.9. The van der Waals surface area contributed by atoms with Crippen LogP contribution >= 0.6 is 0 Å². The molecule has 4 rings (SSSR count). The Morgan fingerprint density at radius 3 is 2.31 bits per heavy atom. The molecule has 0 fully saturated rings. The topological polar surface area (TPSA) is 94.6 Å². The molecule has 1 aliphatic rings. The predicted molar refractivity (Wildman–Crippen MR) is 138 cm³/mol. The monoisotopic (exact) mass is 482 g/mol. The smallest absolute Gasteiger partial charge is 0.343 e. The first-order valence-electron chi connectivity index (χ1n) is 12.0. The minimum absolute atomic E-state index is 0.0146. The van der Waals surface area contributed by atoms with Crippen LogP contribution in [0.3, 0.4) is 0 Å². The zero-order valence-electron chi connectivity index (χ0n) is 21.0. The van der Waals surface area contributed by atoms with E-state index in [0.29, 0.717) is 35.0 Å². The fraction of sp³-hybridized carbons (Fsp3) is 0.267. The van der Waals surface area contributed by atoms with Gasteiger partial charge < -0.3 is 19.9 Å². The SMILES string of the molecule is CCCOc1ccc(C(=O)Oc2ccc3c(c2)OC(N)=C(C#N)C3c2ccc(C(C)(C)C)cc2)cc1. The maximum Gasteiger partial charge on any atom is 0.343 e. The van der Waals surface area contributed by atoms with Crippen LogP contribution in [0.25, 0.3) is 0 Å². The molecule has 0 radical (unpaired) electrons. The van der Waals surface area contributed by atoms with Crippen molar-refractivity contribution in [2.45, 2.75) is 45.4 Å². The highest BCUT2D eigenvalue weighted by atomic mass is 16.5. The van der Waals surface area contributed by atoms with Gasteiger partial charge in [0, 0.05) is 11.6 Å². The molecular formula is C30H30N2O4. The van der Waals surface area contributed by atoms with Gasteiger partial charge in [0.05, 0.1) is 18.1 Å². The molecule has 0 spiro atoms. The van der Waals surface area contributed by atoms with Gasteiger partial charge in [-0.3, -0.25) is 0 Å². The van der Waals surface area contributed by atoms with Crippen molar-refractivity contribution in [1.82, 2.24) is 0 Å². The number of benzene rings is 3. The number of rotatable bonds is 6. The van der Waals surface area contributed by atoms with Crippen LogP contribution in [0.4, 0.5) is 0 Å². The number of ether oxygens (including phenoxy) is 3. The Morgan fingerprint density at radius 2 is 1.69 bits per heavy atom. The summed E-state index contributed by atoms with van der Waals surface area (Å²) in [5.74, 6) is 0.635. The van der Waals surface area contributed by atoms with E-state index in [1.54, 1.807) is 36.4 Å². The maximum absolute atomic E-state index is 12.7. The summed E-state index contributed by atoms with van der Waals surface area (Å²) in [6.07, 6.45) is 0.906. The molecule has 0 saturated carbocycles. The molecule has 3 aromatic carbocycles. The van der Waals surface area contributed by atoms with Crippen molar-refractivity contribution in [2.24, 2.45) is 5.73 Å². The third-order valence-electron chi connectivity index (χ3n) is 6.07. The lowest BCUT2D eigenvalue weighted by atomic mass is 9.81. The van der Waals surface area contributed by atoms with Crippen LogP contribution in [-0.4, -0.2) is 12.6 Å². The van der Waals surface area contributed by atoms with Crippen LogP contribution in [0.15, 0.2) is 78.2 Å². The second-order valence-corrected chi connectivity index (χ2v) is 9.76. The highest BCUT2D eigenvalue weighted by Crippen LogP contribution is 2.43. The van der Waals surface area contributed by atoms with Crippen molar-refractivity contribution in [2.75, 3.05) is 6.61 Å². The number of carbonyl (C=O) groups excluding carboxylic acids is 1. The second kappa shape index (κ2) is 10.2. The zero-order chi connectivity index (χ0) is 25.9. The second-order valence-electron chi connectivity index (χ2n) is 9.76. The number of hydrogen-bond acceptors (Lipinski definition) is 6.